The smallest absolute Gasteiger partial charge is 0.307 e. The normalized spacial score (nSPS) is 11.1. The van der Waals surface area contributed by atoms with E-state index in [1.54, 1.807) is 6.20 Å². The molecule has 0 aliphatic rings. The number of rotatable bonds is 3. The first kappa shape index (κ1) is 17.6. The van der Waals surface area contributed by atoms with Crippen LogP contribution in [0.2, 0.25) is 0 Å². The molecule has 2 aromatic rings. The summed E-state index contributed by atoms with van der Waals surface area (Å²) in [7, 11) is 1.36. The lowest BCUT2D eigenvalue weighted by Crippen LogP contribution is -2.16. The van der Waals surface area contributed by atoms with Crippen LogP contribution >= 0.6 is 24.8 Å². The summed E-state index contributed by atoms with van der Waals surface area (Å²) in [6, 6.07) is 9.29. The second-order valence-electron chi connectivity index (χ2n) is 3.84. The van der Waals surface area contributed by atoms with Crippen molar-refractivity contribution in [1.29, 1.82) is 0 Å². The molecule has 0 aliphatic heterocycles. The monoisotopic (exact) mass is 302 g/mol. The molecule has 0 bridgehead atoms. The van der Waals surface area contributed by atoms with Gasteiger partial charge in [0.1, 0.15) is 0 Å². The van der Waals surface area contributed by atoms with Crippen LogP contribution in [-0.4, -0.2) is 18.1 Å². The minimum atomic E-state index is -0.353. The van der Waals surface area contributed by atoms with E-state index in [0.29, 0.717) is 0 Å². The Balaban J connectivity index is 0.00000162. The Morgan fingerprint density at radius 2 is 2.11 bits per heavy atom. The van der Waals surface area contributed by atoms with Gasteiger partial charge in [0.25, 0.3) is 0 Å². The third-order valence-electron chi connectivity index (χ3n) is 2.67. The lowest BCUT2D eigenvalue weighted by Gasteiger charge is -2.11. The fraction of sp³-hybridized carbons (Fsp3) is 0.231. The van der Waals surface area contributed by atoms with Gasteiger partial charge < -0.3 is 10.5 Å². The molecule has 4 nitrogen and oxygen atoms in total. The van der Waals surface area contributed by atoms with Gasteiger partial charge in [-0.15, -0.1) is 24.8 Å². The summed E-state index contributed by atoms with van der Waals surface area (Å²) < 4.78 is 4.60. The van der Waals surface area contributed by atoms with Crippen molar-refractivity contribution >= 4 is 41.7 Å². The number of benzene rings is 1. The molecule has 2 N–H and O–H groups in total. The molecule has 2 rings (SSSR count). The van der Waals surface area contributed by atoms with Crippen LogP contribution < -0.4 is 5.73 Å². The van der Waals surface area contributed by atoms with Crippen LogP contribution in [0.4, 0.5) is 0 Å². The van der Waals surface area contributed by atoms with Gasteiger partial charge in [0, 0.05) is 17.6 Å². The van der Waals surface area contributed by atoms with Crippen molar-refractivity contribution in [2.24, 2.45) is 5.73 Å². The molecule has 0 saturated heterocycles. The maximum atomic E-state index is 11.1. The molecule has 1 aromatic heterocycles. The Labute approximate surface area is 124 Å². The molecule has 19 heavy (non-hydrogen) atoms. The first-order chi connectivity index (χ1) is 8.20. The van der Waals surface area contributed by atoms with Crippen LogP contribution in [-0.2, 0) is 9.53 Å². The molecule has 0 radical (unpaired) electrons. The molecule has 0 aliphatic carbocycles. The van der Waals surface area contributed by atoms with E-state index >= 15 is 0 Å². The highest BCUT2D eigenvalue weighted by atomic mass is 35.5. The van der Waals surface area contributed by atoms with Crippen LogP contribution in [0, 0.1) is 0 Å². The summed E-state index contributed by atoms with van der Waals surface area (Å²) >= 11 is 0. The van der Waals surface area contributed by atoms with Crippen LogP contribution in [0.15, 0.2) is 36.5 Å². The zero-order valence-electron chi connectivity index (χ0n) is 10.4. The summed E-state index contributed by atoms with van der Waals surface area (Å²) in [6.45, 7) is 0. The minimum absolute atomic E-state index is 0. The van der Waals surface area contributed by atoms with Gasteiger partial charge in [-0.3, -0.25) is 9.78 Å². The SMILES string of the molecule is COC(=O)C[C@@H](N)c1ccc2cccnc2c1.Cl.Cl. The number of nitrogens with two attached hydrogens (primary N) is 1. The Morgan fingerprint density at radius 3 is 2.79 bits per heavy atom. The van der Waals surface area contributed by atoms with Crippen LogP contribution in [0.25, 0.3) is 10.9 Å². The minimum Gasteiger partial charge on any atom is -0.469 e. The molecule has 0 fully saturated rings. The highest BCUT2D eigenvalue weighted by Crippen LogP contribution is 2.19. The fourth-order valence-corrected chi connectivity index (χ4v) is 1.69. The van der Waals surface area contributed by atoms with E-state index in [0.717, 1.165) is 16.5 Å². The first-order valence-corrected chi connectivity index (χ1v) is 5.38. The number of halogens is 2. The van der Waals surface area contributed by atoms with Gasteiger partial charge >= 0.3 is 5.97 Å². The topological polar surface area (TPSA) is 65.2 Å². The number of esters is 1. The Morgan fingerprint density at radius 1 is 1.37 bits per heavy atom. The number of nitrogens with zero attached hydrogens (tertiary/aromatic N) is 1. The predicted molar refractivity (Wildman–Crippen MR) is 79.8 cm³/mol. The maximum Gasteiger partial charge on any atom is 0.307 e. The zero-order chi connectivity index (χ0) is 12.3. The molecule has 0 unspecified atom stereocenters. The van der Waals surface area contributed by atoms with Gasteiger partial charge in [-0.2, -0.15) is 0 Å². The third kappa shape index (κ3) is 4.35. The van der Waals surface area contributed by atoms with E-state index in [-0.39, 0.29) is 43.2 Å². The second-order valence-corrected chi connectivity index (χ2v) is 3.84. The number of hydrogen-bond donors (Lipinski definition) is 1. The highest BCUT2D eigenvalue weighted by Gasteiger charge is 2.12. The lowest BCUT2D eigenvalue weighted by molar-refractivity contribution is -0.141. The van der Waals surface area contributed by atoms with E-state index in [1.807, 2.05) is 30.3 Å². The summed E-state index contributed by atoms with van der Waals surface area (Å²) in [6.07, 6.45) is 1.91. The number of pyridine rings is 1. The molecular weight excluding hydrogens is 287 g/mol. The lowest BCUT2D eigenvalue weighted by atomic mass is 10.0. The van der Waals surface area contributed by atoms with Crippen molar-refractivity contribution in [2.45, 2.75) is 12.5 Å². The molecule has 0 saturated carbocycles. The Hall–Kier alpha value is -1.36. The van der Waals surface area contributed by atoms with Gasteiger partial charge in [0.2, 0.25) is 0 Å². The average molecular weight is 303 g/mol. The van der Waals surface area contributed by atoms with E-state index in [9.17, 15) is 4.79 Å². The first-order valence-electron chi connectivity index (χ1n) is 5.38. The molecule has 104 valence electrons. The Bertz CT molecular complexity index is 549. The van der Waals surface area contributed by atoms with E-state index < -0.39 is 0 Å². The molecule has 6 heteroatoms. The van der Waals surface area contributed by atoms with Crippen molar-refractivity contribution in [1.82, 2.24) is 4.98 Å². The maximum absolute atomic E-state index is 11.1. The number of carbonyl (C=O) groups excluding carboxylic acids is 1. The second kappa shape index (κ2) is 7.94. The summed E-state index contributed by atoms with van der Waals surface area (Å²) in [5, 5.41) is 1.06. The van der Waals surface area contributed by atoms with Gasteiger partial charge in [-0.25, -0.2) is 0 Å². The molecule has 0 amide bonds. The van der Waals surface area contributed by atoms with Gasteiger partial charge in [-0.1, -0.05) is 18.2 Å². The van der Waals surface area contributed by atoms with E-state index in [4.69, 9.17) is 5.73 Å². The fourth-order valence-electron chi connectivity index (χ4n) is 1.69. The summed E-state index contributed by atoms with van der Waals surface area (Å²) in [5.41, 5.74) is 7.70. The highest BCUT2D eigenvalue weighted by molar-refractivity contribution is 5.85. The molecule has 1 atom stereocenters. The molecule has 0 spiro atoms. The standard InChI is InChI=1S/C13H14N2O2.2ClH/c1-17-13(16)8-11(14)10-5-4-9-3-2-6-15-12(9)7-10;;/h2-7,11H,8,14H2,1H3;2*1H/t11-;;/m1../s1. The number of carbonyl (C=O) groups is 1. The number of ether oxygens (including phenoxy) is 1. The Kier molecular flexibility index (Phi) is 7.37. The van der Waals surface area contributed by atoms with Crippen molar-refractivity contribution in [3.63, 3.8) is 0 Å². The number of hydrogen-bond acceptors (Lipinski definition) is 4. The number of methoxy groups -OCH3 is 1. The summed E-state index contributed by atoms with van der Waals surface area (Å²) in [5.74, 6) is -0.307. The quantitative estimate of drug-likeness (QED) is 0.885. The van der Waals surface area contributed by atoms with Crippen LogP contribution in [0.3, 0.4) is 0 Å². The van der Waals surface area contributed by atoms with Crippen LogP contribution in [0.5, 0.6) is 0 Å². The summed E-state index contributed by atoms with van der Waals surface area (Å²) in [4.78, 5) is 15.4. The van der Waals surface area contributed by atoms with Crippen molar-refractivity contribution < 1.29 is 9.53 Å². The van der Waals surface area contributed by atoms with Crippen molar-refractivity contribution in [2.75, 3.05) is 7.11 Å². The van der Waals surface area contributed by atoms with Crippen molar-refractivity contribution in [3.8, 4) is 0 Å². The zero-order valence-corrected chi connectivity index (χ0v) is 12.0. The van der Waals surface area contributed by atoms with Crippen LogP contribution in [0.1, 0.15) is 18.0 Å². The number of aromatic nitrogens is 1. The predicted octanol–water partition coefficient (Wildman–Crippen LogP) is 2.64. The van der Waals surface area contributed by atoms with Gasteiger partial charge in [0.05, 0.1) is 19.0 Å². The average Bonchev–Trinajstić information content (AvgIpc) is 2.38. The molecule has 1 aromatic carbocycles. The largest absolute Gasteiger partial charge is 0.469 e. The van der Waals surface area contributed by atoms with Gasteiger partial charge in [-0.05, 0) is 17.7 Å². The van der Waals surface area contributed by atoms with E-state index in [2.05, 4.69) is 9.72 Å². The molecular formula is C13H16Cl2N2O2. The van der Waals surface area contributed by atoms with E-state index in [1.165, 1.54) is 7.11 Å². The van der Waals surface area contributed by atoms with Gasteiger partial charge in [0.15, 0.2) is 0 Å². The third-order valence-corrected chi connectivity index (χ3v) is 2.67. The molecule has 1 heterocycles. The van der Waals surface area contributed by atoms with Crippen molar-refractivity contribution in [3.05, 3.63) is 42.1 Å². The number of fused-ring (bicyclic) bond motifs is 1.